The molecular formula is C25H21NO4. The number of hydrogen-bond acceptors (Lipinski definition) is 4. The number of nitrogens with one attached hydrogen (secondary N) is 1. The summed E-state index contributed by atoms with van der Waals surface area (Å²) in [5.74, 6) is -1.45. The fourth-order valence-corrected chi connectivity index (χ4v) is 4.61. The molecule has 1 aliphatic carbocycles. The standard InChI is InChI=1S/C25H21NO4/c27-24(28)22-13-15-7-1-2-8-16(15)23(26-22)25(29)30-14-21-19-11-5-3-9-17(19)18-10-4-6-12-20(18)21/h1-12,21-23,26H,13-14H2,(H,27,28)/t22-,23+/m1/s1. The van der Waals surface area contributed by atoms with Crippen molar-refractivity contribution in [3.05, 3.63) is 95.1 Å². The van der Waals surface area contributed by atoms with Crippen molar-refractivity contribution >= 4 is 11.9 Å². The van der Waals surface area contributed by atoms with Crippen LogP contribution in [0.25, 0.3) is 11.1 Å². The highest BCUT2D eigenvalue weighted by molar-refractivity contribution is 5.83. The highest BCUT2D eigenvalue weighted by Crippen LogP contribution is 2.44. The van der Waals surface area contributed by atoms with E-state index in [2.05, 4.69) is 29.6 Å². The van der Waals surface area contributed by atoms with Gasteiger partial charge in [0.15, 0.2) is 0 Å². The van der Waals surface area contributed by atoms with Crippen LogP contribution in [0.1, 0.15) is 34.2 Å². The molecule has 3 aromatic carbocycles. The van der Waals surface area contributed by atoms with Crippen LogP contribution in [0.5, 0.6) is 0 Å². The van der Waals surface area contributed by atoms with Crippen molar-refractivity contribution < 1.29 is 19.4 Å². The van der Waals surface area contributed by atoms with Gasteiger partial charge in [-0.05, 0) is 39.8 Å². The smallest absolute Gasteiger partial charge is 0.327 e. The number of esters is 1. The number of carbonyl (C=O) groups is 2. The molecule has 0 aromatic heterocycles. The third-order valence-corrected chi connectivity index (χ3v) is 6.05. The summed E-state index contributed by atoms with van der Waals surface area (Å²) in [6.07, 6.45) is 0.346. The largest absolute Gasteiger partial charge is 0.480 e. The third-order valence-electron chi connectivity index (χ3n) is 6.05. The first-order valence-electron chi connectivity index (χ1n) is 10.0. The average Bonchev–Trinajstić information content (AvgIpc) is 3.10. The van der Waals surface area contributed by atoms with Crippen LogP contribution >= 0.6 is 0 Å². The normalized spacial score (nSPS) is 19.5. The van der Waals surface area contributed by atoms with Crippen molar-refractivity contribution in [1.29, 1.82) is 0 Å². The van der Waals surface area contributed by atoms with Gasteiger partial charge in [-0.25, -0.2) is 4.79 Å². The molecule has 1 heterocycles. The SMILES string of the molecule is O=C(OCC1c2ccccc2-c2ccccc21)[C@H]1N[C@@H](C(=O)O)Cc2ccccc21. The Hall–Kier alpha value is -3.44. The lowest BCUT2D eigenvalue weighted by molar-refractivity contribution is -0.148. The van der Waals surface area contributed by atoms with Crippen molar-refractivity contribution in [2.75, 3.05) is 6.61 Å². The average molecular weight is 399 g/mol. The number of carboxylic acid groups (broad SMARTS) is 1. The number of ether oxygens (including phenoxy) is 1. The van der Waals surface area contributed by atoms with Crippen molar-refractivity contribution in [2.45, 2.75) is 24.4 Å². The fourth-order valence-electron chi connectivity index (χ4n) is 4.61. The molecule has 0 bridgehead atoms. The lowest BCUT2D eigenvalue weighted by Gasteiger charge is -2.30. The summed E-state index contributed by atoms with van der Waals surface area (Å²) >= 11 is 0. The van der Waals surface area contributed by atoms with E-state index in [0.717, 1.165) is 22.3 Å². The first kappa shape index (κ1) is 18.6. The van der Waals surface area contributed by atoms with Crippen LogP contribution < -0.4 is 5.32 Å². The minimum absolute atomic E-state index is 0.0320. The number of carboxylic acids is 1. The van der Waals surface area contributed by atoms with E-state index in [4.69, 9.17) is 4.74 Å². The topological polar surface area (TPSA) is 75.6 Å². The molecule has 0 fully saturated rings. The van der Waals surface area contributed by atoms with Gasteiger partial charge in [-0.2, -0.15) is 0 Å². The van der Waals surface area contributed by atoms with E-state index in [-0.39, 0.29) is 12.5 Å². The lowest BCUT2D eigenvalue weighted by Crippen LogP contribution is -2.47. The Morgan fingerprint density at radius 2 is 1.43 bits per heavy atom. The van der Waals surface area contributed by atoms with Gasteiger partial charge in [0.05, 0.1) is 0 Å². The molecule has 0 radical (unpaired) electrons. The maximum absolute atomic E-state index is 13.0. The molecule has 5 rings (SSSR count). The van der Waals surface area contributed by atoms with Crippen molar-refractivity contribution in [3.8, 4) is 11.1 Å². The zero-order chi connectivity index (χ0) is 20.7. The van der Waals surface area contributed by atoms with Gasteiger partial charge in [-0.15, -0.1) is 0 Å². The van der Waals surface area contributed by atoms with Crippen molar-refractivity contribution in [2.24, 2.45) is 0 Å². The molecule has 2 N–H and O–H groups in total. The van der Waals surface area contributed by atoms with Crippen LogP contribution in [-0.2, 0) is 20.7 Å². The van der Waals surface area contributed by atoms with Crippen LogP contribution in [0.2, 0.25) is 0 Å². The van der Waals surface area contributed by atoms with Crippen molar-refractivity contribution in [3.63, 3.8) is 0 Å². The van der Waals surface area contributed by atoms with Gasteiger partial charge in [0.2, 0.25) is 0 Å². The molecule has 2 atom stereocenters. The number of carbonyl (C=O) groups excluding carboxylic acids is 1. The number of aliphatic carboxylic acids is 1. The second kappa shape index (κ2) is 7.43. The molecular weight excluding hydrogens is 378 g/mol. The highest BCUT2D eigenvalue weighted by atomic mass is 16.5. The second-order valence-corrected chi connectivity index (χ2v) is 7.75. The summed E-state index contributed by atoms with van der Waals surface area (Å²) in [5, 5.41) is 12.4. The van der Waals surface area contributed by atoms with Crippen LogP contribution in [0.4, 0.5) is 0 Å². The van der Waals surface area contributed by atoms with Gasteiger partial charge in [-0.3, -0.25) is 10.1 Å². The molecule has 1 aliphatic heterocycles. The molecule has 150 valence electrons. The van der Waals surface area contributed by atoms with Crippen LogP contribution in [0, 0.1) is 0 Å². The van der Waals surface area contributed by atoms with E-state index < -0.39 is 24.0 Å². The predicted molar refractivity (Wildman–Crippen MR) is 112 cm³/mol. The van der Waals surface area contributed by atoms with E-state index in [9.17, 15) is 14.7 Å². The maximum atomic E-state index is 13.0. The van der Waals surface area contributed by atoms with Crippen molar-refractivity contribution in [1.82, 2.24) is 5.32 Å². The van der Waals surface area contributed by atoms with Gasteiger partial charge in [-0.1, -0.05) is 72.8 Å². The van der Waals surface area contributed by atoms with Gasteiger partial charge < -0.3 is 9.84 Å². The van der Waals surface area contributed by atoms with Gasteiger partial charge >= 0.3 is 11.9 Å². The lowest BCUT2D eigenvalue weighted by atomic mass is 9.90. The van der Waals surface area contributed by atoms with Gasteiger partial charge in [0, 0.05) is 5.92 Å². The third kappa shape index (κ3) is 3.08. The molecule has 5 heteroatoms. The molecule has 0 saturated heterocycles. The second-order valence-electron chi connectivity index (χ2n) is 7.75. The van der Waals surface area contributed by atoms with E-state index >= 15 is 0 Å². The Morgan fingerprint density at radius 1 is 0.867 bits per heavy atom. The number of fused-ring (bicyclic) bond motifs is 4. The summed E-state index contributed by atoms with van der Waals surface area (Å²) in [6, 6.07) is 22.2. The first-order valence-corrected chi connectivity index (χ1v) is 10.0. The summed E-state index contributed by atoms with van der Waals surface area (Å²) in [7, 11) is 0. The molecule has 0 unspecified atom stereocenters. The molecule has 0 spiro atoms. The Morgan fingerprint density at radius 3 is 2.07 bits per heavy atom. The van der Waals surface area contributed by atoms with E-state index in [1.165, 1.54) is 11.1 Å². The molecule has 0 saturated carbocycles. The highest BCUT2D eigenvalue weighted by Gasteiger charge is 2.36. The van der Waals surface area contributed by atoms with Gasteiger partial charge in [0.25, 0.3) is 0 Å². The molecule has 2 aliphatic rings. The maximum Gasteiger partial charge on any atom is 0.327 e. The summed E-state index contributed by atoms with van der Waals surface area (Å²) in [4.78, 5) is 24.6. The number of hydrogen-bond donors (Lipinski definition) is 2. The minimum Gasteiger partial charge on any atom is -0.480 e. The Balaban J connectivity index is 1.40. The Bertz CT molecular complexity index is 1090. The number of rotatable bonds is 4. The summed E-state index contributed by atoms with van der Waals surface area (Å²) in [6.45, 7) is 0.213. The number of benzene rings is 3. The Labute approximate surface area is 174 Å². The van der Waals surface area contributed by atoms with E-state index in [0.29, 0.717) is 6.42 Å². The fraction of sp³-hybridized carbons (Fsp3) is 0.200. The quantitative estimate of drug-likeness (QED) is 0.655. The van der Waals surface area contributed by atoms with Crippen LogP contribution in [0.15, 0.2) is 72.8 Å². The summed E-state index contributed by atoms with van der Waals surface area (Å²) in [5.41, 5.74) is 6.27. The van der Waals surface area contributed by atoms with Gasteiger partial charge in [0.1, 0.15) is 18.7 Å². The Kier molecular flexibility index (Phi) is 4.60. The first-order chi connectivity index (χ1) is 14.6. The minimum atomic E-state index is -0.971. The molecule has 5 nitrogen and oxygen atoms in total. The molecule has 30 heavy (non-hydrogen) atoms. The molecule has 0 amide bonds. The van der Waals surface area contributed by atoms with Crippen LogP contribution in [0.3, 0.4) is 0 Å². The summed E-state index contributed by atoms with van der Waals surface area (Å²) < 4.78 is 5.77. The van der Waals surface area contributed by atoms with Crippen LogP contribution in [-0.4, -0.2) is 29.7 Å². The predicted octanol–water partition coefficient (Wildman–Crippen LogP) is 3.68. The zero-order valence-electron chi connectivity index (χ0n) is 16.2. The van der Waals surface area contributed by atoms with E-state index in [1.807, 2.05) is 48.5 Å². The zero-order valence-corrected chi connectivity index (χ0v) is 16.2. The van der Waals surface area contributed by atoms with E-state index in [1.54, 1.807) is 0 Å². The monoisotopic (exact) mass is 399 g/mol. The molecule has 3 aromatic rings.